The Morgan fingerprint density at radius 3 is 2.33 bits per heavy atom. The van der Waals surface area contributed by atoms with Gasteiger partial charge in [-0.05, 0) is 123 Å². The number of aliphatic hydroxyl groups is 1. The van der Waals surface area contributed by atoms with E-state index in [2.05, 4.69) is 27.7 Å². The minimum Gasteiger partial charge on any atom is -0.480 e. The minimum atomic E-state index is -1.16. The Bertz CT molecular complexity index is 1050. The van der Waals surface area contributed by atoms with Crippen LogP contribution in [0.15, 0.2) is 0 Å². The van der Waals surface area contributed by atoms with E-state index in [1.165, 1.54) is 32.6 Å². The fourth-order valence-corrected chi connectivity index (χ4v) is 12.6. The van der Waals surface area contributed by atoms with E-state index in [1.807, 2.05) is 0 Å². The summed E-state index contributed by atoms with van der Waals surface area (Å²) in [6.45, 7) is 14.4. The first kappa shape index (κ1) is 28.9. The summed E-state index contributed by atoms with van der Waals surface area (Å²) in [5.74, 6) is 1.88. The SMILES string of the molecule is CC(=O)OC(C1CCC2C(CC3C4CCC5C(C)(C)C(OCC(=O)O)CCC56C(C)C46CCC23C)O1)C(C)(C)O. The Kier molecular flexibility index (Phi) is 6.62. The predicted molar refractivity (Wildman–Crippen MR) is 149 cm³/mol. The number of hydrogen-bond acceptors (Lipinski definition) is 6. The molecule has 7 heteroatoms. The molecule has 0 aromatic rings. The van der Waals surface area contributed by atoms with Crippen molar-refractivity contribution in [3.05, 3.63) is 0 Å². The highest BCUT2D eigenvalue weighted by Gasteiger charge is 2.84. The second-order valence-corrected chi connectivity index (χ2v) is 16.0. The van der Waals surface area contributed by atoms with Crippen molar-refractivity contribution >= 4 is 11.9 Å². The Labute approximate surface area is 240 Å². The molecule has 7 nitrogen and oxygen atoms in total. The molecule has 5 aliphatic carbocycles. The van der Waals surface area contributed by atoms with Crippen LogP contribution in [0.3, 0.4) is 0 Å². The van der Waals surface area contributed by atoms with Gasteiger partial charge in [0, 0.05) is 6.92 Å². The highest BCUT2D eigenvalue weighted by Crippen LogP contribution is 2.89. The zero-order chi connectivity index (χ0) is 29.0. The number of aliphatic carboxylic acids is 1. The summed E-state index contributed by atoms with van der Waals surface area (Å²) in [6, 6.07) is 0. The van der Waals surface area contributed by atoms with Gasteiger partial charge in [0.2, 0.25) is 0 Å². The molecule has 0 amide bonds. The standard InChI is InChI=1S/C33H52O7/c1-18-32-15-14-31(7)21-8-10-23(28(30(5,6)37)39-19(2)34)40-24(21)16-22(31)20(32)9-11-25-29(3,4)26(38-17-27(35)36)12-13-33(18,25)32/h18,20-26,28,37H,8-17H2,1-7H3,(H,35,36). The molecule has 6 fully saturated rings. The molecule has 1 heterocycles. The van der Waals surface area contributed by atoms with Crippen LogP contribution in [-0.4, -0.2) is 58.8 Å². The Hall–Kier alpha value is -1.18. The van der Waals surface area contributed by atoms with Crippen molar-refractivity contribution in [1.82, 2.24) is 0 Å². The normalized spacial score (nSPS) is 49.4. The summed E-state index contributed by atoms with van der Waals surface area (Å²) in [5.41, 5.74) is -0.181. The maximum Gasteiger partial charge on any atom is 0.329 e. The molecule has 0 aromatic carbocycles. The zero-order valence-corrected chi connectivity index (χ0v) is 25.7. The van der Waals surface area contributed by atoms with E-state index >= 15 is 0 Å². The molecule has 6 aliphatic rings. The van der Waals surface area contributed by atoms with Crippen LogP contribution in [0.25, 0.3) is 0 Å². The van der Waals surface area contributed by atoms with Gasteiger partial charge in [-0.25, -0.2) is 4.79 Å². The molecular formula is C33H52O7. The third-order valence-corrected chi connectivity index (χ3v) is 14.0. The second-order valence-electron chi connectivity index (χ2n) is 16.0. The lowest BCUT2D eigenvalue weighted by atomic mass is 9.46. The van der Waals surface area contributed by atoms with Crippen LogP contribution in [0.4, 0.5) is 0 Å². The largest absolute Gasteiger partial charge is 0.480 e. The van der Waals surface area contributed by atoms with E-state index in [0.29, 0.717) is 40.4 Å². The highest BCUT2D eigenvalue weighted by atomic mass is 16.6. The maximum atomic E-state index is 11.9. The number of hydrogen-bond donors (Lipinski definition) is 2. The van der Waals surface area contributed by atoms with E-state index in [4.69, 9.17) is 14.2 Å². The molecule has 1 aliphatic heterocycles. The number of carbonyl (C=O) groups is 2. The number of rotatable bonds is 6. The molecule has 6 rings (SSSR count). The first-order valence-corrected chi connectivity index (χ1v) is 16.0. The summed E-state index contributed by atoms with van der Waals surface area (Å²) >= 11 is 0. The third kappa shape index (κ3) is 3.78. The third-order valence-electron chi connectivity index (χ3n) is 14.0. The van der Waals surface area contributed by atoms with Crippen molar-refractivity contribution in [2.75, 3.05) is 6.61 Å². The van der Waals surface area contributed by atoms with E-state index in [0.717, 1.165) is 32.1 Å². The molecule has 2 spiro atoms. The van der Waals surface area contributed by atoms with E-state index < -0.39 is 17.7 Å². The van der Waals surface area contributed by atoms with Crippen molar-refractivity contribution in [2.45, 2.75) is 136 Å². The molecule has 0 aromatic heterocycles. The number of carboxylic acid groups (broad SMARTS) is 1. The van der Waals surface area contributed by atoms with Gasteiger partial charge in [-0.1, -0.05) is 27.7 Å². The van der Waals surface area contributed by atoms with Crippen molar-refractivity contribution in [1.29, 1.82) is 0 Å². The van der Waals surface area contributed by atoms with Crippen molar-refractivity contribution in [3.63, 3.8) is 0 Å². The van der Waals surface area contributed by atoms with Crippen molar-refractivity contribution in [3.8, 4) is 0 Å². The lowest BCUT2D eigenvalue weighted by Gasteiger charge is -2.59. The van der Waals surface area contributed by atoms with E-state index in [9.17, 15) is 19.8 Å². The number of ether oxygens (including phenoxy) is 3. The topological polar surface area (TPSA) is 102 Å². The summed E-state index contributed by atoms with van der Waals surface area (Å²) in [6.07, 6.45) is 9.31. The average Bonchev–Trinajstić information content (AvgIpc) is 3.23. The predicted octanol–water partition coefficient (Wildman–Crippen LogP) is 5.61. The Morgan fingerprint density at radius 2 is 1.68 bits per heavy atom. The quantitative estimate of drug-likeness (QED) is 0.407. The van der Waals surface area contributed by atoms with Crippen LogP contribution in [0, 0.1) is 51.2 Å². The Morgan fingerprint density at radius 1 is 0.975 bits per heavy atom. The first-order valence-electron chi connectivity index (χ1n) is 16.0. The lowest BCUT2D eigenvalue weighted by molar-refractivity contribution is -0.200. The van der Waals surface area contributed by atoms with Crippen LogP contribution in [-0.2, 0) is 23.8 Å². The minimum absolute atomic E-state index is 0.00936. The molecule has 12 atom stereocenters. The summed E-state index contributed by atoms with van der Waals surface area (Å²) in [5, 5.41) is 20.1. The molecule has 1 saturated heterocycles. The lowest BCUT2D eigenvalue weighted by Crippen LogP contribution is -2.55. The first-order chi connectivity index (χ1) is 18.6. The van der Waals surface area contributed by atoms with Gasteiger partial charge in [-0.2, -0.15) is 0 Å². The van der Waals surface area contributed by atoms with Crippen molar-refractivity contribution in [2.24, 2.45) is 51.2 Å². The van der Waals surface area contributed by atoms with Gasteiger partial charge in [-0.15, -0.1) is 0 Å². The van der Waals surface area contributed by atoms with E-state index in [1.54, 1.807) is 13.8 Å². The van der Waals surface area contributed by atoms with Crippen LogP contribution in [0.5, 0.6) is 0 Å². The number of fused-ring (bicyclic) bond motifs is 4. The summed E-state index contributed by atoms with van der Waals surface area (Å²) in [4.78, 5) is 23.2. The molecular weight excluding hydrogens is 508 g/mol. The van der Waals surface area contributed by atoms with Gasteiger partial charge >= 0.3 is 11.9 Å². The van der Waals surface area contributed by atoms with Crippen LogP contribution < -0.4 is 0 Å². The molecule has 226 valence electrons. The number of esters is 1. The van der Waals surface area contributed by atoms with Crippen molar-refractivity contribution < 1.29 is 34.0 Å². The molecule has 12 unspecified atom stereocenters. The molecule has 0 bridgehead atoms. The van der Waals surface area contributed by atoms with Gasteiger partial charge < -0.3 is 24.4 Å². The fourth-order valence-electron chi connectivity index (χ4n) is 12.6. The maximum absolute atomic E-state index is 11.9. The van der Waals surface area contributed by atoms with Gasteiger partial charge in [0.05, 0.1) is 23.9 Å². The van der Waals surface area contributed by atoms with Gasteiger partial charge in [0.15, 0.2) is 6.10 Å². The molecule has 2 N–H and O–H groups in total. The monoisotopic (exact) mass is 560 g/mol. The average molecular weight is 561 g/mol. The van der Waals surface area contributed by atoms with Gasteiger partial charge in [-0.3, -0.25) is 4.79 Å². The van der Waals surface area contributed by atoms with Crippen LogP contribution >= 0.6 is 0 Å². The Balaban J connectivity index is 1.24. The smallest absolute Gasteiger partial charge is 0.329 e. The molecule has 40 heavy (non-hydrogen) atoms. The number of carbonyl (C=O) groups excluding carboxylic acids is 1. The highest BCUT2D eigenvalue weighted by molar-refractivity contribution is 5.68. The molecule has 0 radical (unpaired) electrons. The van der Waals surface area contributed by atoms with Crippen LogP contribution in [0.1, 0.15) is 106 Å². The van der Waals surface area contributed by atoms with E-state index in [-0.39, 0.29) is 41.7 Å². The zero-order valence-electron chi connectivity index (χ0n) is 25.7. The second kappa shape index (κ2) is 9.16. The van der Waals surface area contributed by atoms with Crippen LogP contribution in [0.2, 0.25) is 0 Å². The van der Waals surface area contributed by atoms with Gasteiger partial charge in [0.25, 0.3) is 0 Å². The molecule has 5 saturated carbocycles. The number of carboxylic acids is 1. The fraction of sp³-hybridized carbons (Fsp3) is 0.939. The van der Waals surface area contributed by atoms with Gasteiger partial charge in [0.1, 0.15) is 6.61 Å². The summed E-state index contributed by atoms with van der Waals surface area (Å²) < 4.78 is 18.4. The summed E-state index contributed by atoms with van der Waals surface area (Å²) in [7, 11) is 0.